The van der Waals surface area contributed by atoms with E-state index < -0.39 is 68.2 Å². The molecular weight excluding hydrogens is 594 g/mol. The Hall–Kier alpha value is -4.24. The lowest BCUT2D eigenvalue weighted by molar-refractivity contribution is -0.153. The molecule has 0 spiro atoms. The molecule has 0 aliphatic heterocycles. The maximum absolute atomic E-state index is 13.7. The van der Waals surface area contributed by atoms with Gasteiger partial charge in [0.1, 0.15) is 22.8 Å². The minimum absolute atomic E-state index is 0.0638. The number of aromatic hydroxyl groups is 1. The van der Waals surface area contributed by atoms with Gasteiger partial charge in [-0.15, -0.1) is 0 Å². The molecule has 1 amide bonds. The first kappa shape index (κ1) is 32.7. The largest absolute Gasteiger partial charge is 0.508 e. The normalized spacial score (nSPS) is 24.7. The predicted molar refractivity (Wildman–Crippen MR) is 160 cm³/mol. The van der Waals surface area contributed by atoms with E-state index in [1.807, 2.05) is 25.9 Å². The number of hydrogen-bond donors (Lipinski definition) is 6. The Morgan fingerprint density at radius 1 is 1.00 bits per heavy atom. The van der Waals surface area contributed by atoms with Crippen LogP contribution in [0.4, 0.5) is 5.69 Å². The molecule has 44 heavy (non-hydrogen) atoms. The summed E-state index contributed by atoms with van der Waals surface area (Å²) < 4.78 is 29.6. The second-order valence-corrected chi connectivity index (χ2v) is 13.0. The number of carbonyl (C=O) groups is 3. The number of likely N-dealkylation sites (N-methyl/N-ethyl adjacent to an activating group) is 1. The number of rotatable bonds is 4. The maximum atomic E-state index is 13.7. The van der Waals surface area contributed by atoms with Crippen molar-refractivity contribution in [1.82, 2.24) is 4.90 Å². The third-order valence-corrected chi connectivity index (χ3v) is 9.25. The quantitative estimate of drug-likeness (QED) is 0.208. The number of aliphatic hydroxyl groups excluding tert-OH is 2. The van der Waals surface area contributed by atoms with Crippen LogP contribution in [0.25, 0.3) is 5.76 Å². The molecule has 3 aliphatic carbocycles. The lowest BCUT2D eigenvalue weighted by atomic mass is 9.57. The molecule has 14 heteroatoms. The van der Waals surface area contributed by atoms with Gasteiger partial charge in [-0.3, -0.25) is 23.8 Å². The second-order valence-electron chi connectivity index (χ2n) is 11.6. The molecule has 7 N–H and O–H groups in total. The van der Waals surface area contributed by atoms with Crippen molar-refractivity contribution in [2.24, 2.45) is 17.6 Å². The van der Waals surface area contributed by atoms with Gasteiger partial charge in [0.15, 0.2) is 11.4 Å². The van der Waals surface area contributed by atoms with Gasteiger partial charge < -0.3 is 31.1 Å². The molecule has 4 atom stereocenters. The molecule has 0 saturated heterocycles. The van der Waals surface area contributed by atoms with E-state index in [1.165, 1.54) is 23.1 Å². The van der Waals surface area contributed by atoms with Crippen molar-refractivity contribution in [3.63, 3.8) is 0 Å². The zero-order chi connectivity index (χ0) is 33.0. The molecule has 2 aromatic rings. The summed E-state index contributed by atoms with van der Waals surface area (Å²) in [6.45, 7) is 1.84. The number of aliphatic hydroxyl groups is 3. The second kappa shape index (κ2) is 11.4. The number of anilines is 1. The Morgan fingerprint density at radius 3 is 2.09 bits per heavy atom. The van der Waals surface area contributed by atoms with Crippen molar-refractivity contribution < 1.29 is 47.8 Å². The van der Waals surface area contributed by atoms with Crippen LogP contribution >= 0.6 is 0 Å². The lowest BCUT2D eigenvalue weighted by Gasteiger charge is -2.50. The molecule has 2 aromatic carbocycles. The number of phenolic OH excluding ortho intramolecular Hbond substituents is 1. The van der Waals surface area contributed by atoms with Gasteiger partial charge in [0.05, 0.1) is 16.5 Å². The van der Waals surface area contributed by atoms with E-state index in [0.29, 0.717) is 5.56 Å². The number of fused-ring (bicyclic) bond motifs is 3. The number of ketones is 2. The van der Waals surface area contributed by atoms with Crippen molar-refractivity contribution in [2.45, 2.75) is 36.3 Å². The summed E-state index contributed by atoms with van der Waals surface area (Å²) in [6.07, 6.45) is 0.324. The SMILES string of the molecule is CN(C)c1ccc(O)c2c1C[C@H]1C[C@H]3[C@H](N(C)C)C(=O)C(C(N)=O)=C(O)[C@@]3(O)C(=O)C1=C2O.Cc1ccc(S(=O)(=O)O)cc1. The number of nitrogens with zero attached hydrogens (tertiary/aromatic N) is 2. The van der Waals surface area contributed by atoms with Crippen molar-refractivity contribution in [1.29, 1.82) is 0 Å². The fourth-order valence-electron chi connectivity index (χ4n) is 6.36. The number of amides is 1. The number of nitrogens with two attached hydrogens (primary N) is 1. The number of primary amides is 1. The number of hydrogen-bond acceptors (Lipinski definition) is 11. The van der Waals surface area contributed by atoms with Crippen LogP contribution in [-0.4, -0.2) is 95.6 Å². The van der Waals surface area contributed by atoms with Gasteiger partial charge in [0, 0.05) is 31.3 Å². The Labute approximate surface area is 254 Å². The highest BCUT2D eigenvalue weighted by atomic mass is 32.2. The number of benzene rings is 2. The van der Waals surface area contributed by atoms with Crippen molar-refractivity contribution in [2.75, 3.05) is 33.1 Å². The highest BCUT2D eigenvalue weighted by molar-refractivity contribution is 7.85. The van der Waals surface area contributed by atoms with Crippen LogP contribution in [0, 0.1) is 18.8 Å². The van der Waals surface area contributed by atoms with Crippen LogP contribution in [0.3, 0.4) is 0 Å². The van der Waals surface area contributed by atoms with E-state index in [-0.39, 0.29) is 34.6 Å². The predicted octanol–water partition coefficient (Wildman–Crippen LogP) is 1.27. The summed E-state index contributed by atoms with van der Waals surface area (Å²) in [5, 5.41) is 43.9. The summed E-state index contributed by atoms with van der Waals surface area (Å²) in [5.41, 5.74) is 4.10. The molecule has 1 saturated carbocycles. The number of Topliss-reactive ketones (excluding diaryl/α,β-unsaturated/α-hetero) is 2. The van der Waals surface area contributed by atoms with E-state index in [2.05, 4.69) is 0 Å². The molecule has 0 unspecified atom stereocenters. The third-order valence-electron chi connectivity index (χ3n) is 8.38. The van der Waals surface area contributed by atoms with Gasteiger partial charge in [-0.1, -0.05) is 17.7 Å². The Morgan fingerprint density at radius 2 is 1.59 bits per heavy atom. The summed E-state index contributed by atoms with van der Waals surface area (Å²) in [5.74, 6) is -6.54. The maximum Gasteiger partial charge on any atom is 0.294 e. The van der Waals surface area contributed by atoms with E-state index in [4.69, 9.17) is 10.3 Å². The van der Waals surface area contributed by atoms with Crippen molar-refractivity contribution >= 4 is 39.0 Å². The number of phenols is 1. The van der Waals surface area contributed by atoms with Crippen LogP contribution in [0.15, 0.2) is 58.2 Å². The molecule has 5 rings (SSSR count). The lowest BCUT2D eigenvalue weighted by Crippen LogP contribution is -2.65. The van der Waals surface area contributed by atoms with E-state index in [1.54, 1.807) is 32.3 Å². The minimum Gasteiger partial charge on any atom is -0.508 e. The van der Waals surface area contributed by atoms with Crippen molar-refractivity contribution in [3.05, 3.63) is 70.0 Å². The summed E-state index contributed by atoms with van der Waals surface area (Å²) in [6, 6.07) is 8.00. The molecule has 0 heterocycles. The first-order valence-electron chi connectivity index (χ1n) is 13.5. The zero-order valence-corrected chi connectivity index (χ0v) is 25.6. The topological polar surface area (TPSA) is 219 Å². The highest BCUT2D eigenvalue weighted by Gasteiger charge is 2.64. The van der Waals surface area contributed by atoms with E-state index in [0.717, 1.165) is 11.3 Å². The van der Waals surface area contributed by atoms with Crippen LogP contribution in [0.1, 0.15) is 23.1 Å². The summed E-state index contributed by atoms with van der Waals surface area (Å²) in [4.78, 5) is 41.9. The van der Waals surface area contributed by atoms with E-state index in [9.17, 15) is 43.2 Å². The first-order chi connectivity index (χ1) is 20.3. The summed E-state index contributed by atoms with van der Waals surface area (Å²) in [7, 11) is 2.73. The molecule has 1 fully saturated rings. The third kappa shape index (κ3) is 5.23. The van der Waals surface area contributed by atoms with E-state index >= 15 is 0 Å². The molecule has 13 nitrogen and oxygen atoms in total. The monoisotopic (exact) mass is 629 g/mol. The van der Waals surface area contributed by atoms with Crippen LogP contribution in [0.5, 0.6) is 5.75 Å². The Bertz CT molecular complexity index is 1730. The van der Waals surface area contributed by atoms with Gasteiger partial charge in [-0.2, -0.15) is 8.42 Å². The average Bonchev–Trinajstić information content (AvgIpc) is 2.90. The molecule has 0 bridgehead atoms. The van der Waals surface area contributed by atoms with Gasteiger partial charge in [-0.05, 0) is 69.6 Å². The smallest absolute Gasteiger partial charge is 0.294 e. The fourth-order valence-corrected chi connectivity index (χ4v) is 6.84. The summed E-state index contributed by atoms with van der Waals surface area (Å²) >= 11 is 0. The van der Waals surface area contributed by atoms with Crippen LogP contribution < -0.4 is 10.6 Å². The molecule has 3 aliphatic rings. The molecule has 0 radical (unpaired) electrons. The average molecular weight is 630 g/mol. The molecular formula is C30H35N3O10S. The molecule has 0 aromatic heterocycles. The highest BCUT2D eigenvalue weighted by Crippen LogP contribution is 2.53. The first-order valence-corrected chi connectivity index (χ1v) is 15.0. The number of carbonyl (C=O) groups excluding carboxylic acids is 3. The van der Waals surface area contributed by atoms with Gasteiger partial charge in [-0.25, -0.2) is 0 Å². The fraction of sp³-hybridized carbons (Fsp3) is 0.367. The van der Waals surface area contributed by atoms with Crippen LogP contribution in [0.2, 0.25) is 0 Å². The van der Waals surface area contributed by atoms with Crippen molar-refractivity contribution in [3.8, 4) is 5.75 Å². The minimum atomic E-state index is -4.02. The number of aryl methyl sites for hydroxylation is 1. The van der Waals surface area contributed by atoms with Gasteiger partial charge >= 0.3 is 0 Å². The Balaban J connectivity index is 0.000000339. The molecule has 236 valence electrons. The van der Waals surface area contributed by atoms with Gasteiger partial charge in [0.2, 0.25) is 5.78 Å². The van der Waals surface area contributed by atoms with Crippen LogP contribution in [-0.2, 0) is 30.9 Å². The van der Waals surface area contributed by atoms with Gasteiger partial charge in [0.25, 0.3) is 16.0 Å². The standard InChI is InChI=1S/C23H27N3O7.C7H8O3S/c1-25(2)12-5-6-13(27)15-10(12)7-9-8-11-17(26(3)4)19(29)16(22(24)32)21(31)23(11,33)20(30)14(9)18(15)28;1-6-2-4-7(5-3-6)11(8,9)10/h5-6,9,11,17,27-28,31,33H,7-8H2,1-4H3,(H2,24,32);2-5H,1H3,(H,8,9,10)/t9-,11-,17-,23-;/m0./s1. The Kier molecular flexibility index (Phi) is 8.43. The zero-order valence-electron chi connectivity index (χ0n) is 24.8.